The maximum atomic E-state index is 12.1. The third-order valence-electron chi connectivity index (χ3n) is 3.36. The summed E-state index contributed by atoms with van der Waals surface area (Å²) < 4.78 is 10.1. The van der Waals surface area contributed by atoms with Gasteiger partial charge in [0.25, 0.3) is 5.56 Å². The lowest BCUT2D eigenvalue weighted by Gasteiger charge is -2.08. The van der Waals surface area contributed by atoms with Gasteiger partial charge in [-0.1, -0.05) is 12.1 Å². The fourth-order valence-corrected chi connectivity index (χ4v) is 2.18. The van der Waals surface area contributed by atoms with E-state index in [1.807, 2.05) is 24.3 Å². The molecule has 0 aliphatic rings. The van der Waals surface area contributed by atoms with Crippen LogP contribution in [0.25, 0.3) is 0 Å². The number of carbonyl (C=O) groups is 1. The zero-order chi connectivity index (χ0) is 16.1. The first-order valence-corrected chi connectivity index (χ1v) is 7.08. The molecule has 0 saturated carbocycles. The van der Waals surface area contributed by atoms with Crippen molar-refractivity contribution in [1.29, 1.82) is 0 Å². The highest BCUT2D eigenvalue weighted by Gasteiger charge is 2.14. The van der Waals surface area contributed by atoms with E-state index in [9.17, 15) is 9.59 Å². The van der Waals surface area contributed by atoms with Crippen molar-refractivity contribution in [3.8, 4) is 5.75 Å². The Labute approximate surface area is 128 Å². The zero-order valence-electron chi connectivity index (χ0n) is 12.9. The van der Waals surface area contributed by atoms with E-state index in [1.165, 1.54) is 0 Å². The summed E-state index contributed by atoms with van der Waals surface area (Å²) in [5.41, 5.74) is 2.21. The molecule has 0 unspecified atom stereocenters. The summed E-state index contributed by atoms with van der Waals surface area (Å²) in [4.78, 5) is 26.7. The first kappa shape index (κ1) is 15.8. The Morgan fingerprint density at radius 2 is 1.91 bits per heavy atom. The van der Waals surface area contributed by atoms with Crippen LogP contribution in [0.4, 0.5) is 0 Å². The molecule has 2 rings (SSSR count). The van der Waals surface area contributed by atoms with Crippen LogP contribution in [-0.2, 0) is 11.2 Å². The van der Waals surface area contributed by atoms with Gasteiger partial charge in [-0.05, 0) is 37.6 Å². The van der Waals surface area contributed by atoms with Gasteiger partial charge in [0.05, 0.1) is 19.3 Å². The van der Waals surface area contributed by atoms with Gasteiger partial charge in [-0.15, -0.1) is 0 Å². The molecule has 116 valence electrons. The third kappa shape index (κ3) is 3.55. The van der Waals surface area contributed by atoms with Crippen molar-refractivity contribution in [2.24, 2.45) is 0 Å². The molecule has 1 heterocycles. The second-order valence-electron chi connectivity index (χ2n) is 4.91. The van der Waals surface area contributed by atoms with E-state index in [0.29, 0.717) is 29.8 Å². The molecule has 0 spiro atoms. The summed E-state index contributed by atoms with van der Waals surface area (Å²) in [5.74, 6) is 0.334. The molecule has 1 aromatic carbocycles. The molecule has 2 aromatic rings. The van der Waals surface area contributed by atoms with Crippen LogP contribution in [0.5, 0.6) is 5.75 Å². The quantitative estimate of drug-likeness (QED) is 0.861. The number of benzene rings is 1. The van der Waals surface area contributed by atoms with Crippen LogP contribution in [-0.4, -0.2) is 24.7 Å². The lowest BCUT2D eigenvalue weighted by molar-refractivity contribution is 0.0524. The van der Waals surface area contributed by atoms with E-state index >= 15 is 0 Å². The molecule has 0 bridgehead atoms. The summed E-state index contributed by atoms with van der Waals surface area (Å²) in [5, 5.41) is 0. The van der Waals surface area contributed by atoms with E-state index < -0.39 is 5.97 Å². The number of aromatic amines is 1. The Balaban J connectivity index is 2.31. The van der Waals surface area contributed by atoms with E-state index in [0.717, 1.165) is 11.3 Å². The van der Waals surface area contributed by atoms with Gasteiger partial charge >= 0.3 is 5.97 Å². The number of H-pyrrole nitrogens is 1. The molecule has 0 aliphatic carbocycles. The number of aromatic nitrogens is 1. The molecule has 5 nitrogen and oxygen atoms in total. The van der Waals surface area contributed by atoms with Crippen molar-refractivity contribution in [3.63, 3.8) is 0 Å². The average Bonchev–Trinajstić information content (AvgIpc) is 2.51. The predicted molar refractivity (Wildman–Crippen MR) is 83.6 cm³/mol. The lowest BCUT2D eigenvalue weighted by Crippen LogP contribution is -2.19. The molecule has 1 N–H and O–H groups in total. The fraction of sp³-hybridized carbons (Fsp3) is 0.294. The van der Waals surface area contributed by atoms with Crippen LogP contribution in [0.15, 0.2) is 35.1 Å². The van der Waals surface area contributed by atoms with Gasteiger partial charge in [-0.2, -0.15) is 0 Å². The topological polar surface area (TPSA) is 68.4 Å². The highest BCUT2D eigenvalue weighted by atomic mass is 16.5. The van der Waals surface area contributed by atoms with Gasteiger partial charge in [0.2, 0.25) is 0 Å². The molecule has 1 aromatic heterocycles. The molecule has 22 heavy (non-hydrogen) atoms. The van der Waals surface area contributed by atoms with E-state index in [1.54, 1.807) is 27.0 Å². The van der Waals surface area contributed by atoms with Crippen LogP contribution in [0.3, 0.4) is 0 Å². The van der Waals surface area contributed by atoms with Gasteiger partial charge in [-0.3, -0.25) is 4.79 Å². The molecule has 5 heteroatoms. The Kier molecular flexibility index (Phi) is 4.99. The first-order chi connectivity index (χ1) is 10.5. The third-order valence-corrected chi connectivity index (χ3v) is 3.36. The Hall–Kier alpha value is -2.56. The minimum absolute atomic E-state index is 0.193. The molecule has 0 radical (unpaired) electrons. The Morgan fingerprint density at radius 3 is 2.50 bits per heavy atom. The summed E-state index contributed by atoms with van der Waals surface area (Å²) in [6.45, 7) is 3.73. The molecule has 0 amide bonds. The van der Waals surface area contributed by atoms with Crippen LogP contribution in [0.1, 0.15) is 34.1 Å². The Bertz CT molecular complexity index is 716. The van der Waals surface area contributed by atoms with Crippen molar-refractivity contribution < 1.29 is 14.3 Å². The van der Waals surface area contributed by atoms with Crippen LogP contribution < -0.4 is 10.3 Å². The molecule has 0 saturated heterocycles. The van der Waals surface area contributed by atoms with Crippen LogP contribution in [0.2, 0.25) is 0 Å². The lowest BCUT2D eigenvalue weighted by atomic mass is 10.0. The molecular formula is C17H19NO4. The highest BCUT2D eigenvalue weighted by molar-refractivity contribution is 5.90. The standard InChI is InChI=1S/C17H19NO4/c1-4-22-17(20)15-10-13(16(19)18-11(15)2)9-12-5-7-14(21-3)8-6-12/h5-8,10H,4,9H2,1-3H3,(H,18,19). The van der Waals surface area contributed by atoms with Gasteiger partial charge in [0.15, 0.2) is 0 Å². The minimum atomic E-state index is -0.424. The first-order valence-electron chi connectivity index (χ1n) is 7.08. The van der Waals surface area contributed by atoms with Gasteiger partial charge in [0, 0.05) is 17.7 Å². The number of rotatable bonds is 5. The zero-order valence-corrected chi connectivity index (χ0v) is 12.9. The number of hydrogen-bond donors (Lipinski definition) is 1. The van der Waals surface area contributed by atoms with Crippen LogP contribution in [0, 0.1) is 6.92 Å². The fourth-order valence-electron chi connectivity index (χ4n) is 2.18. The summed E-state index contributed by atoms with van der Waals surface area (Å²) in [6, 6.07) is 9.06. The smallest absolute Gasteiger partial charge is 0.339 e. The Morgan fingerprint density at radius 1 is 1.23 bits per heavy atom. The normalized spacial score (nSPS) is 10.3. The molecule has 0 atom stereocenters. The SMILES string of the molecule is CCOC(=O)c1cc(Cc2ccc(OC)cc2)c(=O)[nH]c1C. The number of pyridine rings is 1. The molecule has 0 aliphatic heterocycles. The summed E-state index contributed by atoms with van der Waals surface area (Å²) in [6.07, 6.45) is 0.437. The molecule has 0 fully saturated rings. The van der Waals surface area contributed by atoms with Crippen molar-refractivity contribution >= 4 is 5.97 Å². The van der Waals surface area contributed by atoms with E-state index in [2.05, 4.69) is 4.98 Å². The maximum absolute atomic E-state index is 12.1. The monoisotopic (exact) mass is 301 g/mol. The minimum Gasteiger partial charge on any atom is -0.497 e. The van der Waals surface area contributed by atoms with Gasteiger partial charge < -0.3 is 14.5 Å². The number of ether oxygens (including phenoxy) is 2. The average molecular weight is 301 g/mol. The van der Waals surface area contributed by atoms with E-state index in [-0.39, 0.29) is 5.56 Å². The van der Waals surface area contributed by atoms with Gasteiger partial charge in [0.1, 0.15) is 5.75 Å². The van der Waals surface area contributed by atoms with Crippen molar-refractivity contribution in [2.45, 2.75) is 20.3 Å². The maximum Gasteiger partial charge on any atom is 0.339 e. The summed E-state index contributed by atoms with van der Waals surface area (Å²) >= 11 is 0. The highest BCUT2D eigenvalue weighted by Crippen LogP contribution is 2.15. The summed E-state index contributed by atoms with van der Waals surface area (Å²) in [7, 11) is 1.60. The number of methoxy groups -OCH3 is 1. The predicted octanol–water partition coefficient (Wildman–Crippen LogP) is 2.46. The van der Waals surface area contributed by atoms with E-state index in [4.69, 9.17) is 9.47 Å². The van der Waals surface area contributed by atoms with Gasteiger partial charge in [-0.25, -0.2) is 4.79 Å². The van der Waals surface area contributed by atoms with Crippen molar-refractivity contribution in [2.75, 3.05) is 13.7 Å². The number of nitrogens with one attached hydrogen (secondary N) is 1. The second kappa shape index (κ2) is 6.93. The van der Waals surface area contributed by atoms with Crippen molar-refractivity contribution in [3.05, 3.63) is 63.1 Å². The number of esters is 1. The van der Waals surface area contributed by atoms with Crippen molar-refractivity contribution in [1.82, 2.24) is 4.98 Å². The second-order valence-corrected chi connectivity index (χ2v) is 4.91. The largest absolute Gasteiger partial charge is 0.497 e. The number of hydrogen-bond acceptors (Lipinski definition) is 4. The number of aryl methyl sites for hydroxylation is 1. The molecular weight excluding hydrogens is 282 g/mol. The van der Waals surface area contributed by atoms with Crippen LogP contribution >= 0.6 is 0 Å². The number of carbonyl (C=O) groups excluding carboxylic acids is 1.